The standard InChI is InChI=1S/C17H27O3P/c1-16(2,3)15(17(4,5)6)12-20-21(18,19)13-14-10-8-7-9-11-14/h7-12H,13H2,1-6H3,(H,18,19). The number of allylic oxidation sites excluding steroid dienone is 1. The van der Waals surface area contributed by atoms with Gasteiger partial charge < -0.3 is 9.42 Å². The van der Waals surface area contributed by atoms with Crippen LogP contribution < -0.4 is 0 Å². The topological polar surface area (TPSA) is 46.5 Å². The monoisotopic (exact) mass is 310 g/mol. The van der Waals surface area contributed by atoms with Crippen LogP contribution in [0.25, 0.3) is 0 Å². The van der Waals surface area contributed by atoms with Gasteiger partial charge in [-0.25, -0.2) is 4.57 Å². The minimum atomic E-state index is -3.68. The van der Waals surface area contributed by atoms with Gasteiger partial charge in [-0.15, -0.1) is 0 Å². The van der Waals surface area contributed by atoms with E-state index in [9.17, 15) is 9.46 Å². The summed E-state index contributed by atoms with van der Waals surface area (Å²) in [7, 11) is -3.68. The highest BCUT2D eigenvalue weighted by Gasteiger charge is 2.30. The Hall–Kier alpha value is -1.05. The fraction of sp³-hybridized carbons (Fsp3) is 0.529. The maximum Gasteiger partial charge on any atom is 0.380 e. The third-order valence-electron chi connectivity index (χ3n) is 3.18. The van der Waals surface area contributed by atoms with Crippen LogP contribution in [-0.2, 0) is 15.3 Å². The molecule has 0 heterocycles. The molecule has 0 fully saturated rings. The Kier molecular flexibility index (Phi) is 5.46. The number of rotatable bonds is 4. The zero-order chi connectivity index (χ0) is 16.3. The predicted octanol–water partition coefficient (Wildman–Crippen LogP) is 5.36. The van der Waals surface area contributed by atoms with Gasteiger partial charge >= 0.3 is 7.60 Å². The first kappa shape index (κ1) is 18.0. The van der Waals surface area contributed by atoms with Gasteiger partial charge in [0.05, 0.1) is 12.4 Å². The smallest absolute Gasteiger partial charge is 0.380 e. The Morgan fingerprint density at radius 3 is 2.00 bits per heavy atom. The van der Waals surface area contributed by atoms with E-state index in [4.69, 9.17) is 4.52 Å². The zero-order valence-electron chi connectivity index (χ0n) is 13.9. The van der Waals surface area contributed by atoms with E-state index in [2.05, 4.69) is 41.5 Å². The maximum absolute atomic E-state index is 12.2. The summed E-state index contributed by atoms with van der Waals surface area (Å²) >= 11 is 0. The third kappa shape index (κ3) is 6.07. The van der Waals surface area contributed by atoms with Crippen LogP contribution >= 0.6 is 7.60 Å². The summed E-state index contributed by atoms with van der Waals surface area (Å²) in [5.74, 6) is 0. The molecule has 1 atom stereocenters. The lowest BCUT2D eigenvalue weighted by molar-refractivity contribution is 0.308. The van der Waals surface area contributed by atoms with Crippen molar-refractivity contribution in [2.24, 2.45) is 10.8 Å². The average molecular weight is 310 g/mol. The summed E-state index contributed by atoms with van der Waals surface area (Å²) < 4.78 is 17.5. The van der Waals surface area contributed by atoms with Gasteiger partial charge in [-0.3, -0.25) is 0 Å². The molecule has 1 aromatic rings. The average Bonchev–Trinajstić information content (AvgIpc) is 2.25. The van der Waals surface area contributed by atoms with E-state index < -0.39 is 7.60 Å². The van der Waals surface area contributed by atoms with Gasteiger partial charge in [-0.2, -0.15) is 0 Å². The molecule has 3 nitrogen and oxygen atoms in total. The van der Waals surface area contributed by atoms with Crippen molar-refractivity contribution in [3.8, 4) is 0 Å². The molecule has 1 unspecified atom stereocenters. The van der Waals surface area contributed by atoms with E-state index >= 15 is 0 Å². The molecule has 0 saturated carbocycles. The highest BCUT2D eigenvalue weighted by molar-refractivity contribution is 7.52. The van der Waals surface area contributed by atoms with Gasteiger partial charge in [0.1, 0.15) is 0 Å². The molecule has 1 aromatic carbocycles. The van der Waals surface area contributed by atoms with Gasteiger partial charge in [0.25, 0.3) is 0 Å². The fourth-order valence-electron chi connectivity index (χ4n) is 2.47. The summed E-state index contributed by atoms with van der Waals surface area (Å²) in [6, 6.07) is 9.22. The van der Waals surface area contributed by atoms with E-state index in [0.717, 1.165) is 11.1 Å². The minimum absolute atomic E-state index is 0.0197. The van der Waals surface area contributed by atoms with Crippen LogP contribution in [0.2, 0.25) is 0 Å². The highest BCUT2D eigenvalue weighted by atomic mass is 31.2. The van der Waals surface area contributed by atoms with Crippen LogP contribution in [0.15, 0.2) is 42.2 Å². The van der Waals surface area contributed by atoms with Gasteiger partial charge in [0.15, 0.2) is 0 Å². The second-order valence-corrected chi connectivity index (χ2v) is 9.22. The van der Waals surface area contributed by atoms with E-state index in [0.29, 0.717) is 0 Å². The lowest BCUT2D eigenvalue weighted by Gasteiger charge is -2.33. The van der Waals surface area contributed by atoms with Crippen molar-refractivity contribution in [2.75, 3.05) is 0 Å². The van der Waals surface area contributed by atoms with Crippen molar-refractivity contribution in [1.82, 2.24) is 0 Å². The largest absolute Gasteiger partial charge is 0.432 e. The molecule has 21 heavy (non-hydrogen) atoms. The lowest BCUT2D eigenvalue weighted by Crippen LogP contribution is -2.22. The Labute approximate surface area is 128 Å². The number of benzene rings is 1. The third-order valence-corrected chi connectivity index (χ3v) is 4.38. The summed E-state index contributed by atoms with van der Waals surface area (Å²) in [6.07, 6.45) is 1.51. The molecule has 0 saturated heterocycles. The van der Waals surface area contributed by atoms with E-state index in [1.165, 1.54) is 6.26 Å². The van der Waals surface area contributed by atoms with Crippen molar-refractivity contribution >= 4 is 7.60 Å². The molecule has 0 bridgehead atoms. The van der Waals surface area contributed by atoms with Crippen LogP contribution in [0.4, 0.5) is 0 Å². The Morgan fingerprint density at radius 1 is 1.10 bits per heavy atom. The van der Waals surface area contributed by atoms with Gasteiger partial charge in [-0.05, 0) is 22.0 Å². The number of hydrogen-bond donors (Lipinski definition) is 1. The molecule has 0 spiro atoms. The molecule has 4 heteroatoms. The van der Waals surface area contributed by atoms with Crippen LogP contribution in [0.5, 0.6) is 0 Å². The van der Waals surface area contributed by atoms with Crippen molar-refractivity contribution < 1.29 is 14.0 Å². The first-order valence-electron chi connectivity index (χ1n) is 7.17. The maximum atomic E-state index is 12.2. The quantitative estimate of drug-likeness (QED) is 0.601. The molecule has 1 rings (SSSR count). The summed E-state index contributed by atoms with van der Waals surface area (Å²) in [5, 5.41) is 0. The van der Waals surface area contributed by atoms with E-state index in [1.54, 1.807) is 0 Å². The van der Waals surface area contributed by atoms with Crippen molar-refractivity contribution in [3.05, 3.63) is 47.7 Å². The number of hydrogen-bond acceptors (Lipinski definition) is 2. The lowest BCUT2D eigenvalue weighted by atomic mass is 9.73. The van der Waals surface area contributed by atoms with Crippen LogP contribution in [0, 0.1) is 10.8 Å². The highest BCUT2D eigenvalue weighted by Crippen LogP contribution is 2.48. The first-order chi connectivity index (χ1) is 9.42. The molecule has 0 aliphatic heterocycles. The first-order valence-corrected chi connectivity index (χ1v) is 8.93. The molecule has 118 valence electrons. The second-order valence-electron chi connectivity index (χ2n) is 7.42. The van der Waals surface area contributed by atoms with E-state index in [-0.39, 0.29) is 17.0 Å². The second kappa shape index (κ2) is 6.37. The minimum Gasteiger partial charge on any atom is -0.432 e. The molecule has 0 aromatic heterocycles. The van der Waals surface area contributed by atoms with Gasteiger partial charge in [0, 0.05) is 0 Å². The van der Waals surface area contributed by atoms with Crippen LogP contribution in [0.3, 0.4) is 0 Å². The Bertz CT molecular complexity index is 517. The summed E-state index contributed by atoms with van der Waals surface area (Å²) in [5.41, 5.74) is 1.57. The molecular weight excluding hydrogens is 283 g/mol. The molecule has 0 aliphatic carbocycles. The van der Waals surface area contributed by atoms with Crippen LogP contribution in [-0.4, -0.2) is 4.89 Å². The summed E-state index contributed by atoms with van der Waals surface area (Å²) in [6.45, 7) is 12.5. The van der Waals surface area contributed by atoms with Gasteiger partial charge in [0.2, 0.25) is 0 Å². The fourth-order valence-corrected chi connectivity index (χ4v) is 3.48. The van der Waals surface area contributed by atoms with Crippen molar-refractivity contribution in [1.29, 1.82) is 0 Å². The molecule has 0 radical (unpaired) electrons. The SMILES string of the molecule is CC(C)(C)C(=COP(=O)(O)Cc1ccccc1)C(C)(C)C. The molecular formula is C17H27O3P. The van der Waals surface area contributed by atoms with Crippen molar-refractivity contribution in [3.63, 3.8) is 0 Å². The van der Waals surface area contributed by atoms with E-state index in [1.807, 2.05) is 30.3 Å². The normalized spacial score (nSPS) is 15.2. The Balaban J connectivity index is 2.92. The summed E-state index contributed by atoms with van der Waals surface area (Å²) in [4.78, 5) is 10.0. The van der Waals surface area contributed by atoms with Crippen molar-refractivity contribution in [2.45, 2.75) is 47.7 Å². The molecule has 1 N–H and O–H groups in total. The molecule has 0 aliphatic rings. The van der Waals surface area contributed by atoms with Crippen LogP contribution in [0.1, 0.15) is 47.1 Å². The zero-order valence-corrected chi connectivity index (χ0v) is 14.8. The molecule has 0 amide bonds. The van der Waals surface area contributed by atoms with Gasteiger partial charge in [-0.1, -0.05) is 71.9 Å². The Morgan fingerprint density at radius 2 is 1.57 bits per heavy atom. The predicted molar refractivity (Wildman–Crippen MR) is 88.0 cm³/mol.